The summed E-state index contributed by atoms with van der Waals surface area (Å²) in [5.74, 6) is 0.727. The van der Waals surface area contributed by atoms with Crippen molar-refractivity contribution in [3.8, 4) is 5.75 Å². The second-order valence-corrected chi connectivity index (χ2v) is 5.14. The van der Waals surface area contributed by atoms with Gasteiger partial charge in [-0.1, -0.05) is 30.3 Å². The van der Waals surface area contributed by atoms with Crippen molar-refractivity contribution < 1.29 is 9.84 Å². The van der Waals surface area contributed by atoms with E-state index in [1.165, 1.54) is 5.56 Å². The van der Waals surface area contributed by atoms with Gasteiger partial charge in [0.25, 0.3) is 0 Å². The smallest absolute Gasteiger partial charge is 0.124 e. The number of likely N-dealkylation sites (N-methyl/N-ethyl adjacent to an activating group) is 1. The molecule has 112 valence electrons. The van der Waals surface area contributed by atoms with E-state index < -0.39 is 6.10 Å². The maximum atomic E-state index is 10.5. The number of ether oxygens (including phenoxy) is 1. The number of aliphatic hydroxyl groups is 1. The van der Waals surface area contributed by atoms with Crippen LogP contribution in [-0.2, 0) is 0 Å². The Balaban J connectivity index is 2.18. The van der Waals surface area contributed by atoms with E-state index in [4.69, 9.17) is 4.74 Å². The van der Waals surface area contributed by atoms with Gasteiger partial charge in [0.15, 0.2) is 0 Å². The summed E-state index contributed by atoms with van der Waals surface area (Å²) in [6.45, 7) is 5.56. The molecule has 1 unspecified atom stereocenters. The molecule has 0 heterocycles. The Labute approximate surface area is 126 Å². The molecular formula is C18H23NO2. The number of hydrogen-bond donors (Lipinski definition) is 1. The van der Waals surface area contributed by atoms with Crippen molar-refractivity contribution in [2.24, 2.45) is 0 Å². The average Bonchev–Trinajstić information content (AvgIpc) is 2.52. The van der Waals surface area contributed by atoms with E-state index in [2.05, 4.69) is 36.9 Å². The van der Waals surface area contributed by atoms with Crippen molar-refractivity contribution in [1.82, 2.24) is 0 Å². The highest BCUT2D eigenvalue weighted by Crippen LogP contribution is 2.27. The fourth-order valence-corrected chi connectivity index (χ4v) is 2.49. The number of aryl methyl sites for hydroxylation is 1. The molecule has 1 N–H and O–H groups in total. The number of methoxy groups -OCH3 is 1. The van der Waals surface area contributed by atoms with Gasteiger partial charge < -0.3 is 14.7 Å². The molecule has 0 aliphatic rings. The monoisotopic (exact) mass is 285 g/mol. The Morgan fingerprint density at radius 1 is 1.14 bits per heavy atom. The van der Waals surface area contributed by atoms with Crippen LogP contribution in [-0.4, -0.2) is 25.3 Å². The lowest BCUT2D eigenvalue weighted by atomic mass is 10.1. The van der Waals surface area contributed by atoms with Gasteiger partial charge in [-0.3, -0.25) is 0 Å². The molecule has 0 aliphatic heterocycles. The third kappa shape index (κ3) is 3.76. The Kier molecular flexibility index (Phi) is 5.23. The van der Waals surface area contributed by atoms with Crippen molar-refractivity contribution in [1.29, 1.82) is 0 Å². The first kappa shape index (κ1) is 15.4. The van der Waals surface area contributed by atoms with Crippen LogP contribution in [0.2, 0.25) is 0 Å². The SMILES string of the molecule is CCN(CC(O)c1ccccc1OC)c1cccc(C)c1. The number of anilines is 1. The van der Waals surface area contributed by atoms with Crippen molar-refractivity contribution >= 4 is 5.69 Å². The number of rotatable bonds is 6. The molecule has 3 heteroatoms. The zero-order chi connectivity index (χ0) is 15.2. The molecule has 0 fully saturated rings. The Hall–Kier alpha value is -2.00. The second-order valence-electron chi connectivity index (χ2n) is 5.14. The summed E-state index contributed by atoms with van der Waals surface area (Å²) in [5.41, 5.74) is 3.18. The number of hydrogen-bond acceptors (Lipinski definition) is 3. The second kappa shape index (κ2) is 7.14. The molecule has 2 aromatic rings. The van der Waals surface area contributed by atoms with Crippen LogP contribution in [0.1, 0.15) is 24.2 Å². The summed E-state index contributed by atoms with van der Waals surface area (Å²) in [4.78, 5) is 2.17. The van der Waals surface area contributed by atoms with Gasteiger partial charge in [-0.05, 0) is 37.6 Å². The summed E-state index contributed by atoms with van der Waals surface area (Å²) in [7, 11) is 1.63. The predicted molar refractivity (Wildman–Crippen MR) is 87.0 cm³/mol. The lowest BCUT2D eigenvalue weighted by Crippen LogP contribution is -2.28. The Morgan fingerprint density at radius 3 is 2.57 bits per heavy atom. The van der Waals surface area contributed by atoms with Gasteiger partial charge in [-0.2, -0.15) is 0 Å². The van der Waals surface area contributed by atoms with Gasteiger partial charge in [-0.25, -0.2) is 0 Å². The van der Waals surface area contributed by atoms with Crippen LogP contribution >= 0.6 is 0 Å². The number of nitrogens with zero attached hydrogens (tertiary/aromatic N) is 1. The standard InChI is InChI=1S/C18H23NO2/c1-4-19(15-9-7-8-14(2)12-15)13-17(20)16-10-5-6-11-18(16)21-3/h5-12,17,20H,4,13H2,1-3H3. The largest absolute Gasteiger partial charge is 0.496 e. The molecule has 0 radical (unpaired) electrons. The maximum Gasteiger partial charge on any atom is 0.124 e. The van der Waals surface area contributed by atoms with Crippen LogP contribution in [0, 0.1) is 6.92 Å². The number of aliphatic hydroxyl groups excluding tert-OH is 1. The molecule has 0 amide bonds. The molecule has 0 aliphatic carbocycles. The van der Waals surface area contributed by atoms with E-state index in [1.54, 1.807) is 7.11 Å². The molecule has 2 aromatic carbocycles. The van der Waals surface area contributed by atoms with Gasteiger partial charge in [0.2, 0.25) is 0 Å². The molecule has 0 saturated heterocycles. The minimum absolute atomic E-state index is 0.542. The van der Waals surface area contributed by atoms with Crippen molar-refractivity contribution in [3.05, 3.63) is 59.7 Å². The van der Waals surface area contributed by atoms with E-state index in [0.29, 0.717) is 6.54 Å². The number of para-hydroxylation sites is 1. The zero-order valence-electron chi connectivity index (χ0n) is 12.9. The summed E-state index contributed by atoms with van der Waals surface area (Å²) in [6.07, 6.45) is -0.582. The molecule has 0 saturated carbocycles. The topological polar surface area (TPSA) is 32.7 Å². The van der Waals surface area contributed by atoms with Crippen molar-refractivity contribution in [3.63, 3.8) is 0 Å². The highest BCUT2D eigenvalue weighted by Gasteiger charge is 2.16. The quantitative estimate of drug-likeness (QED) is 0.881. The number of benzene rings is 2. The van der Waals surface area contributed by atoms with Crippen LogP contribution in [0.4, 0.5) is 5.69 Å². The first-order valence-corrected chi connectivity index (χ1v) is 7.28. The molecular weight excluding hydrogens is 262 g/mol. The molecule has 0 aromatic heterocycles. The van der Waals surface area contributed by atoms with E-state index >= 15 is 0 Å². The minimum Gasteiger partial charge on any atom is -0.496 e. The van der Waals surface area contributed by atoms with E-state index in [0.717, 1.165) is 23.5 Å². The van der Waals surface area contributed by atoms with E-state index in [9.17, 15) is 5.11 Å². The highest BCUT2D eigenvalue weighted by atomic mass is 16.5. The summed E-state index contributed by atoms with van der Waals surface area (Å²) >= 11 is 0. The Morgan fingerprint density at radius 2 is 1.90 bits per heavy atom. The first-order chi connectivity index (χ1) is 10.2. The molecule has 2 rings (SSSR count). The van der Waals surface area contributed by atoms with Gasteiger partial charge >= 0.3 is 0 Å². The third-order valence-electron chi connectivity index (χ3n) is 3.64. The normalized spacial score (nSPS) is 12.0. The fourth-order valence-electron chi connectivity index (χ4n) is 2.49. The third-order valence-corrected chi connectivity index (χ3v) is 3.64. The van der Waals surface area contributed by atoms with Crippen LogP contribution in [0.3, 0.4) is 0 Å². The predicted octanol–water partition coefficient (Wildman–Crippen LogP) is 3.56. The van der Waals surface area contributed by atoms with Crippen molar-refractivity contribution in [2.45, 2.75) is 20.0 Å². The molecule has 0 bridgehead atoms. The van der Waals surface area contributed by atoms with Crippen LogP contribution in [0.15, 0.2) is 48.5 Å². The van der Waals surface area contributed by atoms with E-state index in [-0.39, 0.29) is 0 Å². The molecule has 21 heavy (non-hydrogen) atoms. The summed E-state index contributed by atoms with van der Waals surface area (Å²) in [6, 6.07) is 16.0. The van der Waals surface area contributed by atoms with Crippen molar-refractivity contribution in [2.75, 3.05) is 25.1 Å². The minimum atomic E-state index is -0.582. The van der Waals surface area contributed by atoms with Crippen LogP contribution < -0.4 is 9.64 Å². The van der Waals surface area contributed by atoms with Gasteiger partial charge in [0, 0.05) is 24.3 Å². The van der Waals surface area contributed by atoms with Crippen LogP contribution in [0.25, 0.3) is 0 Å². The average molecular weight is 285 g/mol. The zero-order valence-corrected chi connectivity index (χ0v) is 12.9. The highest BCUT2D eigenvalue weighted by molar-refractivity contribution is 5.49. The van der Waals surface area contributed by atoms with Gasteiger partial charge in [0.1, 0.15) is 11.9 Å². The van der Waals surface area contributed by atoms with Gasteiger partial charge in [0.05, 0.1) is 7.11 Å². The fraction of sp³-hybridized carbons (Fsp3) is 0.333. The molecule has 1 atom stereocenters. The first-order valence-electron chi connectivity index (χ1n) is 7.28. The summed E-state index contributed by atoms with van der Waals surface area (Å²) in [5, 5.41) is 10.5. The van der Waals surface area contributed by atoms with E-state index in [1.807, 2.05) is 30.3 Å². The lowest BCUT2D eigenvalue weighted by molar-refractivity contribution is 0.179. The Bertz CT molecular complexity index is 583. The maximum absolute atomic E-state index is 10.5. The molecule has 0 spiro atoms. The summed E-state index contributed by atoms with van der Waals surface area (Å²) < 4.78 is 5.33. The van der Waals surface area contributed by atoms with Gasteiger partial charge in [-0.15, -0.1) is 0 Å². The lowest BCUT2D eigenvalue weighted by Gasteiger charge is -2.27. The van der Waals surface area contributed by atoms with Crippen LogP contribution in [0.5, 0.6) is 5.75 Å². The molecule has 3 nitrogen and oxygen atoms in total.